The van der Waals surface area contributed by atoms with Gasteiger partial charge in [0.05, 0.1) is 38.9 Å². The van der Waals surface area contributed by atoms with Crippen molar-refractivity contribution in [2.24, 2.45) is 11.8 Å². The van der Waals surface area contributed by atoms with Crippen LogP contribution < -0.4 is 19.7 Å². The van der Waals surface area contributed by atoms with Gasteiger partial charge < -0.3 is 14.2 Å². The number of esters is 1. The van der Waals surface area contributed by atoms with Gasteiger partial charge >= 0.3 is 5.97 Å². The van der Waals surface area contributed by atoms with E-state index in [2.05, 4.69) is 5.32 Å². The predicted octanol–water partition coefficient (Wildman–Crippen LogP) is 3.02. The summed E-state index contributed by atoms with van der Waals surface area (Å²) < 4.78 is 16.1. The van der Waals surface area contributed by atoms with E-state index in [0.29, 0.717) is 34.1 Å². The van der Waals surface area contributed by atoms with Crippen molar-refractivity contribution in [3.63, 3.8) is 0 Å². The molecule has 2 amide bonds. The Kier molecular flexibility index (Phi) is 7.61. The monoisotopic (exact) mass is 526 g/mol. The van der Waals surface area contributed by atoms with Crippen LogP contribution in [0.1, 0.15) is 35.3 Å². The Morgan fingerprint density at radius 1 is 1.05 bits per heavy atom. The number of anilines is 1. The molecule has 9 nitrogen and oxygen atoms in total. The minimum Gasteiger partial charge on any atom is -0.497 e. The summed E-state index contributed by atoms with van der Waals surface area (Å²) in [7, 11) is 4.32. The SMILES string of the molecule is COC(=O)[C@]1(CCSC)N[C@H](c2ccc(OC)cc2OC)[C@@H]2C(=O)N(c3cccc(C(C)=O)c3)C(=O)[C@@H]21. The fraction of sp³-hybridized carbons (Fsp3) is 0.407. The summed E-state index contributed by atoms with van der Waals surface area (Å²) in [6.07, 6.45) is 2.18. The number of ketones is 1. The molecule has 2 aromatic carbocycles. The van der Waals surface area contributed by atoms with E-state index in [-0.39, 0.29) is 12.2 Å². The molecule has 0 radical (unpaired) electrons. The smallest absolute Gasteiger partial charge is 0.326 e. The number of carbonyl (C=O) groups is 4. The average molecular weight is 527 g/mol. The van der Waals surface area contributed by atoms with Gasteiger partial charge in [0, 0.05) is 23.2 Å². The van der Waals surface area contributed by atoms with Gasteiger partial charge in [-0.2, -0.15) is 11.8 Å². The highest BCUT2D eigenvalue weighted by atomic mass is 32.2. The second kappa shape index (κ2) is 10.5. The van der Waals surface area contributed by atoms with Crippen LogP contribution in [0.5, 0.6) is 11.5 Å². The van der Waals surface area contributed by atoms with Crippen molar-refractivity contribution in [3.8, 4) is 11.5 Å². The van der Waals surface area contributed by atoms with Crippen molar-refractivity contribution in [1.82, 2.24) is 5.32 Å². The van der Waals surface area contributed by atoms with E-state index in [1.807, 2.05) is 6.26 Å². The molecule has 2 heterocycles. The molecule has 0 aliphatic carbocycles. The van der Waals surface area contributed by atoms with E-state index in [1.165, 1.54) is 46.1 Å². The number of hydrogen-bond acceptors (Lipinski definition) is 9. The van der Waals surface area contributed by atoms with Crippen molar-refractivity contribution in [1.29, 1.82) is 0 Å². The van der Waals surface area contributed by atoms with Crippen LogP contribution in [0.2, 0.25) is 0 Å². The molecule has 0 unspecified atom stereocenters. The first-order valence-electron chi connectivity index (χ1n) is 11.8. The first kappa shape index (κ1) is 26.7. The van der Waals surface area contributed by atoms with Gasteiger partial charge in [-0.15, -0.1) is 0 Å². The van der Waals surface area contributed by atoms with E-state index in [1.54, 1.807) is 36.4 Å². The molecule has 0 bridgehead atoms. The molecule has 0 spiro atoms. The largest absolute Gasteiger partial charge is 0.497 e. The van der Waals surface area contributed by atoms with E-state index >= 15 is 0 Å². The fourth-order valence-corrected chi connectivity index (χ4v) is 5.95. The third-order valence-corrected chi connectivity index (χ3v) is 7.80. The lowest BCUT2D eigenvalue weighted by Crippen LogP contribution is -2.56. The number of Topliss-reactive ketones (excluding diaryl/α,β-unsaturated/α-hetero) is 1. The van der Waals surface area contributed by atoms with Crippen LogP contribution in [0.3, 0.4) is 0 Å². The molecular formula is C27H30N2O7S. The number of ether oxygens (including phenoxy) is 3. The van der Waals surface area contributed by atoms with Gasteiger partial charge in [-0.1, -0.05) is 18.2 Å². The highest BCUT2D eigenvalue weighted by Crippen LogP contribution is 2.53. The molecular weight excluding hydrogens is 496 g/mol. The predicted molar refractivity (Wildman–Crippen MR) is 139 cm³/mol. The second-order valence-electron chi connectivity index (χ2n) is 9.06. The summed E-state index contributed by atoms with van der Waals surface area (Å²) in [5, 5.41) is 3.35. The number of fused-ring (bicyclic) bond motifs is 1. The summed E-state index contributed by atoms with van der Waals surface area (Å²) in [6.45, 7) is 1.42. The highest BCUT2D eigenvalue weighted by molar-refractivity contribution is 7.98. The van der Waals surface area contributed by atoms with Gasteiger partial charge in [-0.3, -0.25) is 24.5 Å². The van der Waals surface area contributed by atoms with Gasteiger partial charge in [-0.25, -0.2) is 4.90 Å². The number of nitrogens with zero attached hydrogens (tertiary/aromatic N) is 1. The maximum atomic E-state index is 14.0. The van der Waals surface area contributed by atoms with Crippen LogP contribution in [0, 0.1) is 11.8 Å². The van der Waals surface area contributed by atoms with E-state index in [4.69, 9.17) is 14.2 Å². The van der Waals surface area contributed by atoms with Crippen LogP contribution in [0.15, 0.2) is 42.5 Å². The van der Waals surface area contributed by atoms with Crippen molar-refractivity contribution in [2.45, 2.75) is 24.9 Å². The molecule has 37 heavy (non-hydrogen) atoms. The third kappa shape index (κ3) is 4.38. The maximum Gasteiger partial charge on any atom is 0.326 e. The zero-order chi connectivity index (χ0) is 26.9. The second-order valence-corrected chi connectivity index (χ2v) is 10.0. The minimum atomic E-state index is -1.43. The minimum absolute atomic E-state index is 0.187. The van der Waals surface area contributed by atoms with Gasteiger partial charge in [-0.05, 0) is 43.6 Å². The Morgan fingerprint density at radius 3 is 2.43 bits per heavy atom. The molecule has 4 atom stereocenters. The Labute approximate surface area is 219 Å². The zero-order valence-electron chi connectivity index (χ0n) is 21.4. The first-order valence-corrected chi connectivity index (χ1v) is 13.2. The van der Waals surface area contributed by atoms with Crippen molar-refractivity contribution in [3.05, 3.63) is 53.6 Å². The normalized spacial score (nSPS) is 24.7. The Morgan fingerprint density at radius 2 is 1.81 bits per heavy atom. The van der Waals surface area contributed by atoms with Crippen LogP contribution in [0.4, 0.5) is 5.69 Å². The molecule has 1 N–H and O–H groups in total. The summed E-state index contributed by atoms with van der Waals surface area (Å²) in [5.74, 6) is -2.11. The summed E-state index contributed by atoms with van der Waals surface area (Å²) in [6, 6.07) is 10.9. The number of amides is 2. The van der Waals surface area contributed by atoms with Crippen LogP contribution >= 0.6 is 11.8 Å². The molecule has 0 aromatic heterocycles. The Hall–Kier alpha value is -3.37. The Bertz CT molecular complexity index is 1250. The molecule has 2 saturated heterocycles. The topological polar surface area (TPSA) is 111 Å². The molecule has 2 aliphatic heterocycles. The third-order valence-electron chi connectivity index (χ3n) is 7.19. The number of methoxy groups -OCH3 is 3. The van der Waals surface area contributed by atoms with Gasteiger partial charge in [0.25, 0.3) is 0 Å². The molecule has 2 fully saturated rings. The fourth-order valence-electron chi connectivity index (χ4n) is 5.43. The van der Waals surface area contributed by atoms with Crippen LogP contribution in [-0.4, -0.2) is 62.4 Å². The summed E-state index contributed by atoms with van der Waals surface area (Å²) >= 11 is 1.53. The highest BCUT2D eigenvalue weighted by Gasteiger charge is 2.69. The molecule has 2 aromatic rings. The lowest BCUT2D eigenvalue weighted by molar-refractivity contribution is -0.152. The summed E-state index contributed by atoms with van der Waals surface area (Å²) in [4.78, 5) is 54.5. The number of rotatable bonds is 9. The molecule has 0 saturated carbocycles. The van der Waals surface area contributed by atoms with Gasteiger partial charge in [0.2, 0.25) is 11.8 Å². The lowest BCUT2D eigenvalue weighted by Gasteiger charge is -2.32. The lowest BCUT2D eigenvalue weighted by atomic mass is 9.77. The summed E-state index contributed by atoms with van der Waals surface area (Å²) in [5.41, 5.74) is -0.143. The maximum absolute atomic E-state index is 14.0. The number of hydrogen-bond donors (Lipinski definition) is 1. The quantitative estimate of drug-likeness (QED) is 0.299. The van der Waals surface area contributed by atoms with Crippen molar-refractivity contribution in [2.75, 3.05) is 38.2 Å². The van der Waals surface area contributed by atoms with Crippen LogP contribution in [-0.2, 0) is 19.1 Å². The molecule has 10 heteroatoms. The van der Waals surface area contributed by atoms with E-state index in [9.17, 15) is 19.2 Å². The molecule has 196 valence electrons. The van der Waals surface area contributed by atoms with Crippen molar-refractivity contribution < 1.29 is 33.4 Å². The number of imide groups is 1. The van der Waals surface area contributed by atoms with Crippen molar-refractivity contribution >= 4 is 41.0 Å². The molecule has 4 rings (SSSR count). The van der Waals surface area contributed by atoms with Gasteiger partial charge in [0.15, 0.2) is 5.78 Å². The van der Waals surface area contributed by atoms with Gasteiger partial charge in [0.1, 0.15) is 17.0 Å². The number of nitrogens with one attached hydrogen (secondary N) is 1. The number of benzene rings is 2. The number of carbonyl (C=O) groups excluding carboxylic acids is 4. The first-order chi connectivity index (χ1) is 17.7. The average Bonchev–Trinajstić information content (AvgIpc) is 3.40. The van der Waals surface area contributed by atoms with Crippen LogP contribution in [0.25, 0.3) is 0 Å². The zero-order valence-corrected chi connectivity index (χ0v) is 22.2. The standard InChI is InChI=1S/C27H30N2O7S/c1-15(30)16-7-6-8-17(13-16)29-24(31)21-22(25(29)32)27(11-12-37-5,26(33)36-4)28-23(21)19-10-9-18(34-2)14-20(19)35-3/h6-10,13-14,21-23,28H,11-12H2,1-5H3/t21-,22-,23-,27-/m1/s1. The van der Waals surface area contributed by atoms with E-state index < -0.39 is 41.2 Å². The Balaban J connectivity index is 1.90. The van der Waals surface area contributed by atoms with E-state index in [0.717, 1.165) is 4.90 Å². The number of thioether (sulfide) groups is 1. The molecule has 2 aliphatic rings.